The van der Waals surface area contributed by atoms with E-state index in [-0.39, 0.29) is 0 Å². The molecule has 2 aromatic heterocycles. The number of rotatable bonds is 1. The molecule has 0 fully saturated rings. The van der Waals surface area contributed by atoms with Crippen molar-refractivity contribution in [2.45, 2.75) is 25.7 Å². The van der Waals surface area contributed by atoms with Crippen molar-refractivity contribution in [3.63, 3.8) is 0 Å². The fourth-order valence-electron chi connectivity index (χ4n) is 2.89. The average molecular weight is 265 g/mol. The summed E-state index contributed by atoms with van der Waals surface area (Å²) in [6, 6.07) is 5.82. The molecule has 0 bridgehead atoms. The highest BCUT2D eigenvalue weighted by molar-refractivity contribution is 5.83. The summed E-state index contributed by atoms with van der Waals surface area (Å²) in [4.78, 5) is 8.87. The number of anilines is 1. The van der Waals surface area contributed by atoms with E-state index in [0.717, 1.165) is 40.9 Å². The number of nitrogens with zero attached hydrogens (tertiary/aromatic N) is 4. The molecule has 2 heterocycles. The predicted molar refractivity (Wildman–Crippen MR) is 77.7 cm³/mol. The van der Waals surface area contributed by atoms with Gasteiger partial charge in [0.1, 0.15) is 6.33 Å². The van der Waals surface area contributed by atoms with Crippen molar-refractivity contribution in [2.24, 2.45) is 0 Å². The van der Waals surface area contributed by atoms with E-state index in [4.69, 9.17) is 5.73 Å². The molecule has 0 unspecified atom stereocenters. The van der Waals surface area contributed by atoms with Crippen LogP contribution in [0.15, 0.2) is 30.7 Å². The second-order valence-electron chi connectivity index (χ2n) is 5.20. The van der Waals surface area contributed by atoms with Gasteiger partial charge >= 0.3 is 0 Å². The predicted octanol–water partition coefficient (Wildman–Crippen LogP) is 2.28. The summed E-state index contributed by atoms with van der Waals surface area (Å²) in [5.41, 5.74) is 10.0. The molecule has 4 rings (SSSR count). The molecule has 100 valence electrons. The quantitative estimate of drug-likeness (QED) is 0.685. The molecule has 0 amide bonds. The third-order valence-electron chi connectivity index (χ3n) is 3.90. The Morgan fingerprint density at radius 2 is 2.00 bits per heavy atom. The van der Waals surface area contributed by atoms with Gasteiger partial charge in [0.05, 0.1) is 11.7 Å². The van der Waals surface area contributed by atoms with Gasteiger partial charge in [-0.15, -0.1) is 0 Å². The molecule has 0 saturated heterocycles. The van der Waals surface area contributed by atoms with Crippen LogP contribution in [0.2, 0.25) is 0 Å². The first-order chi connectivity index (χ1) is 9.83. The van der Waals surface area contributed by atoms with E-state index < -0.39 is 0 Å². The molecule has 5 nitrogen and oxygen atoms in total. The molecule has 5 heteroatoms. The maximum Gasteiger partial charge on any atom is 0.160 e. The number of benzene rings is 1. The van der Waals surface area contributed by atoms with Crippen molar-refractivity contribution in [1.29, 1.82) is 0 Å². The lowest BCUT2D eigenvalue weighted by molar-refractivity contribution is 0.651. The van der Waals surface area contributed by atoms with Crippen LogP contribution in [-0.2, 0) is 12.8 Å². The van der Waals surface area contributed by atoms with Crippen molar-refractivity contribution < 1.29 is 0 Å². The van der Waals surface area contributed by atoms with Crippen LogP contribution in [0, 0.1) is 0 Å². The van der Waals surface area contributed by atoms with Crippen LogP contribution in [-0.4, -0.2) is 19.7 Å². The van der Waals surface area contributed by atoms with Crippen LogP contribution >= 0.6 is 0 Å². The Labute approximate surface area is 116 Å². The topological polar surface area (TPSA) is 69.6 Å². The maximum absolute atomic E-state index is 5.89. The number of fused-ring (bicyclic) bond motifs is 2. The summed E-state index contributed by atoms with van der Waals surface area (Å²) >= 11 is 0. The first-order valence-corrected chi connectivity index (χ1v) is 6.89. The molecule has 0 atom stereocenters. The zero-order valence-electron chi connectivity index (χ0n) is 11.1. The summed E-state index contributed by atoms with van der Waals surface area (Å²) < 4.78 is 1.89. The number of nitrogens with two attached hydrogens (primary N) is 1. The van der Waals surface area contributed by atoms with Gasteiger partial charge < -0.3 is 5.73 Å². The largest absolute Gasteiger partial charge is 0.399 e. The van der Waals surface area contributed by atoms with E-state index in [0.29, 0.717) is 0 Å². The highest BCUT2D eigenvalue weighted by atomic mass is 15.3. The number of aryl methyl sites for hydroxylation is 1. The van der Waals surface area contributed by atoms with E-state index in [2.05, 4.69) is 15.1 Å². The molecular formula is C15H15N5. The Kier molecular flexibility index (Phi) is 2.45. The van der Waals surface area contributed by atoms with E-state index >= 15 is 0 Å². The summed E-state index contributed by atoms with van der Waals surface area (Å²) in [5, 5.41) is 5.56. The van der Waals surface area contributed by atoms with Crippen LogP contribution in [0.25, 0.3) is 16.7 Å². The molecule has 1 aromatic carbocycles. The normalized spacial score (nSPS) is 14.4. The molecule has 0 radical (unpaired) electrons. The van der Waals surface area contributed by atoms with Crippen molar-refractivity contribution in [3.8, 4) is 5.82 Å². The van der Waals surface area contributed by atoms with Gasteiger partial charge in [-0.3, -0.25) is 0 Å². The molecule has 20 heavy (non-hydrogen) atoms. The van der Waals surface area contributed by atoms with Crippen molar-refractivity contribution in [3.05, 3.63) is 42.0 Å². The first-order valence-electron chi connectivity index (χ1n) is 6.89. The van der Waals surface area contributed by atoms with Crippen LogP contribution < -0.4 is 5.73 Å². The fraction of sp³-hybridized carbons (Fsp3) is 0.267. The Balaban J connectivity index is 1.97. The van der Waals surface area contributed by atoms with Gasteiger partial charge in [0.2, 0.25) is 0 Å². The monoisotopic (exact) mass is 265 g/mol. The minimum atomic E-state index is 0.738. The average Bonchev–Trinajstić information content (AvgIpc) is 2.89. The number of hydrogen-bond acceptors (Lipinski definition) is 4. The first kappa shape index (κ1) is 11.4. The van der Waals surface area contributed by atoms with Crippen LogP contribution in [0.1, 0.15) is 24.1 Å². The molecular weight excluding hydrogens is 250 g/mol. The standard InChI is InChI=1S/C15H15N5/c16-11-6-5-10-8-19-20(14(10)7-11)15-12-3-1-2-4-13(12)17-9-18-15/h5-9H,1-4,16H2. The Hall–Kier alpha value is -2.43. The lowest BCUT2D eigenvalue weighted by Gasteiger charge is -2.17. The second-order valence-corrected chi connectivity index (χ2v) is 5.20. The second kappa shape index (κ2) is 4.30. The molecule has 0 aliphatic heterocycles. The van der Waals surface area contributed by atoms with Gasteiger partial charge in [-0.05, 0) is 43.9 Å². The van der Waals surface area contributed by atoms with Gasteiger partial charge in [-0.2, -0.15) is 5.10 Å². The molecule has 1 aliphatic carbocycles. The Morgan fingerprint density at radius 1 is 1.10 bits per heavy atom. The number of hydrogen-bond donors (Lipinski definition) is 1. The third kappa shape index (κ3) is 1.66. The van der Waals surface area contributed by atoms with E-state index in [1.807, 2.05) is 29.1 Å². The lowest BCUT2D eigenvalue weighted by atomic mass is 9.96. The number of nitrogen functional groups attached to an aromatic ring is 1. The van der Waals surface area contributed by atoms with E-state index in [1.54, 1.807) is 6.33 Å². The molecule has 0 spiro atoms. The summed E-state index contributed by atoms with van der Waals surface area (Å²) in [6.45, 7) is 0. The lowest BCUT2D eigenvalue weighted by Crippen LogP contribution is -2.12. The molecule has 2 N–H and O–H groups in total. The zero-order valence-corrected chi connectivity index (χ0v) is 11.1. The molecule has 0 saturated carbocycles. The third-order valence-corrected chi connectivity index (χ3v) is 3.90. The van der Waals surface area contributed by atoms with Crippen molar-refractivity contribution in [2.75, 3.05) is 5.73 Å². The Morgan fingerprint density at radius 3 is 2.95 bits per heavy atom. The minimum absolute atomic E-state index is 0.738. The number of aromatic nitrogens is 4. The van der Waals surface area contributed by atoms with Gasteiger partial charge in [0.25, 0.3) is 0 Å². The van der Waals surface area contributed by atoms with E-state index in [9.17, 15) is 0 Å². The molecule has 3 aromatic rings. The van der Waals surface area contributed by atoms with Crippen LogP contribution in [0.4, 0.5) is 5.69 Å². The van der Waals surface area contributed by atoms with Gasteiger partial charge in [0, 0.05) is 22.3 Å². The van der Waals surface area contributed by atoms with Gasteiger partial charge in [-0.1, -0.05) is 0 Å². The van der Waals surface area contributed by atoms with Crippen LogP contribution in [0.3, 0.4) is 0 Å². The summed E-state index contributed by atoms with van der Waals surface area (Å²) in [7, 11) is 0. The minimum Gasteiger partial charge on any atom is -0.399 e. The highest BCUT2D eigenvalue weighted by Crippen LogP contribution is 2.26. The van der Waals surface area contributed by atoms with E-state index in [1.165, 1.54) is 18.4 Å². The highest BCUT2D eigenvalue weighted by Gasteiger charge is 2.18. The zero-order chi connectivity index (χ0) is 13.5. The van der Waals surface area contributed by atoms with Gasteiger partial charge in [0.15, 0.2) is 5.82 Å². The maximum atomic E-state index is 5.89. The SMILES string of the molecule is Nc1ccc2cnn(-c3ncnc4c3CCCC4)c2c1. The molecule has 1 aliphatic rings. The van der Waals surface area contributed by atoms with Crippen molar-refractivity contribution in [1.82, 2.24) is 19.7 Å². The van der Waals surface area contributed by atoms with Gasteiger partial charge in [-0.25, -0.2) is 14.6 Å². The summed E-state index contributed by atoms with van der Waals surface area (Å²) in [5.74, 6) is 0.898. The van der Waals surface area contributed by atoms with Crippen molar-refractivity contribution >= 4 is 16.6 Å². The Bertz CT molecular complexity index is 790. The fourth-order valence-corrected chi connectivity index (χ4v) is 2.89. The smallest absolute Gasteiger partial charge is 0.160 e. The summed E-state index contributed by atoms with van der Waals surface area (Å²) in [6.07, 6.45) is 7.94. The van der Waals surface area contributed by atoms with Crippen LogP contribution in [0.5, 0.6) is 0 Å².